The average Bonchev–Trinajstić information content (AvgIpc) is 2.90. The van der Waals surface area contributed by atoms with Crippen LogP contribution in [-0.2, 0) is 12.7 Å². The first kappa shape index (κ1) is 14.3. The van der Waals surface area contributed by atoms with Crippen LogP contribution < -0.4 is 5.32 Å². The first-order valence-electron chi connectivity index (χ1n) is 6.50. The van der Waals surface area contributed by atoms with E-state index in [0.717, 1.165) is 6.07 Å². The van der Waals surface area contributed by atoms with Gasteiger partial charge in [0.2, 0.25) is 0 Å². The van der Waals surface area contributed by atoms with E-state index in [0.29, 0.717) is 16.9 Å². The van der Waals surface area contributed by atoms with Crippen LogP contribution in [-0.4, -0.2) is 26.8 Å². The second kappa shape index (κ2) is 5.28. The number of anilines is 1. The molecule has 0 aliphatic heterocycles. The minimum Gasteiger partial charge on any atom is -0.372 e. The van der Waals surface area contributed by atoms with Gasteiger partial charge in [0, 0.05) is 7.05 Å². The van der Waals surface area contributed by atoms with Crippen molar-refractivity contribution in [2.24, 2.45) is 0 Å². The van der Waals surface area contributed by atoms with E-state index in [9.17, 15) is 13.2 Å². The summed E-state index contributed by atoms with van der Waals surface area (Å²) in [7, 11) is 1.71. The van der Waals surface area contributed by atoms with Crippen molar-refractivity contribution in [1.29, 1.82) is 0 Å². The summed E-state index contributed by atoms with van der Waals surface area (Å²) in [6, 6.07) is 5.45. The van der Waals surface area contributed by atoms with Crippen molar-refractivity contribution in [3.8, 4) is 0 Å². The fraction of sp³-hybridized carbons (Fsp3) is 0.214. The van der Waals surface area contributed by atoms with E-state index in [1.54, 1.807) is 13.1 Å². The second-order valence-electron chi connectivity index (χ2n) is 4.67. The highest BCUT2D eigenvalue weighted by molar-refractivity contribution is 5.85. The largest absolute Gasteiger partial charge is 0.416 e. The number of alkyl halides is 3. The summed E-state index contributed by atoms with van der Waals surface area (Å²) in [4.78, 5) is 8.15. The van der Waals surface area contributed by atoms with Gasteiger partial charge >= 0.3 is 6.18 Å². The van der Waals surface area contributed by atoms with E-state index in [-0.39, 0.29) is 12.1 Å². The molecule has 8 heteroatoms. The topological polar surface area (TPSA) is 55.6 Å². The fourth-order valence-corrected chi connectivity index (χ4v) is 2.30. The molecule has 3 rings (SSSR count). The lowest BCUT2D eigenvalue weighted by molar-refractivity contribution is -0.138. The summed E-state index contributed by atoms with van der Waals surface area (Å²) in [5, 5.41) is 7.69. The molecule has 0 aliphatic carbocycles. The number of nitrogens with one attached hydrogen (secondary N) is 1. The van der Waals surface area contributed by atoms with Crippen LogP contribution in [0.15, 0.2) is 36.8 Å². The predicted octanol–water partition coefficient (Wildman–Crippen LogP) is 2.94. The summed E-state index contributed by atoms with van der Waals surface area (Å²) < 4.78 is 40.6. The Morgan fingerprint density at radius 2 is 1.95 bits per heavy atom. The fourth-order valence-electron chi connectivity index (χ4n) is 2.30. The molecule has 0 saturated carbocycles. The van der Waals surface area contributed by atoms with Crippen LogP contribution in [0.3, 0.4) is 0 Å². The van der Waals surface area contributed by atoms with Gasteiger partial charge in [-0.3, -0.25) is 0 Å². The lowest BCUT2D eigenvalue weighted by Crippen LogP contribution is -2.12. The number of halogens is 3. The Labute approximate surface area is 123 Å². The van der Waals surface area contributed by atoms with E-state index in [1.165, 1.54) is 29.3 Å². The Kier molecular flexibility index (Phi) is 3.44. The van der Waals surface area contributed by atoms with Crippen LogP contribution >= 0.6 is 0 Å². The van der Waals surface area contributed by atoms with Gasteiger partial charge in [-0.25, -0.2) is 14.6 Å². The van der Waals surface area contributed by atoms with Crippen molar-refractivity contribution in [2.45, 2.75) is 12.7 Å². The first-order chi connectivity index (χ1) is 10.5. The molecular weight excluding hydrogens is 295 g/mol. The quantitative estimate of drug-likeness (QED) is 0.808. The lowest BCUT2D eigenvalue weighted by atomic mass is 10.1. The van der Waals surface area contributed by atoms with Crippen LogP contribution in [0.5, 0.6) is 0 Å². The van der Waals surface area contributed by atoms with E-state index in [1.807, 2.05) is 0 Å². The van der Waals surface area contributed by atoms with Gasteiger partial charge in [-0.15, -0.1) is 0 Å². The molecule has 0 radical (unpaired) electrons. The standard InChI is InChI=1S/C14H12F3N5/c1-18-12-10-6-21-22(13(10)20-8-19-12)7-9-4-2-3-5-11(9)14(15,16)17/h2-6,8H,7H2,1H3,(H,18,19,20). The van der Waals surface area contributed by atoms with Gasteiger partial charge in [-0.1, -0.05) is 18.2 Å². The Morgan fingerprint density at radius 3 is 2.68 bits per heavy atom. The van der Waals surface area contributed by atoms with Gasteiger partial charge in [0.15, 0.2) is 5.65 Å². The Balaban J connectivity index is 2.05. The third-order valence-electron chi connectivity index (χ3n) is 3.31. The van der Waals surface area contributed by atoms with E-state index in [2.05, 4.69) is 20.4 Å². The molecule has 0 atom stereocenters. The highest BCUT2D eigenvalue weighted by Gasteiger charge is 2.33. The monoisotopic (exact) mass is 307 g/mol. The van der Waals surface area contributed by atoms with Gasteiger partial charge < -0.3 is 5.32 Å². The number of nitrogens with zero attached hydrogens (tertiary/aromatic N) is 4. The number of fused-ring (bicyclic) bond motifs is 1. The van der Waals surface area contributed by atoms with Crippen LogP contribution in [0.1, 0.15) is 11.1 Å². The number of hydrogen-bond donors (Lipinski definition) is 1. The van der Waals surface area contributed by atoms with E-state index in [4.69, 9.17) is 0 Å². The summed E-state index contributed by atoms with van der Waals surface area (Å²) in [6.45, 7) is -0.0145. The third-order valence-corrected chi connectivity index (χ3v) is 3.31. The molecule has 0 spiro atoms. The van der Waals surface area contributed by atoms with Crippen molar-refractivity contribution in [3.05, 3.63) is 47.9 Å². The van der Waals surface area contributed by atoms with E-state index < -0.39 is 11.7 Å². The van der Waals surface area contributed by atoms with Crippen molar-refractivity contribution in [2.75, 3.05) is 12.4 Å². The first-order valence-corrected chi connectivity index (χ1v) is 6.50. The molecule has 0 fully saturated rings. The molecule has 1 aromatic carbocycles. The van der Waals surface area contributed by atoms with Gasteiger partial charge in [0.05, 0.1) is 23.7 Å². The minimum atomic E-state index is -4.40. The lowest BCUT2D eigenvalue weighted by Gasteiger charge is -2.12. The highest BCUT2D eigenvalue weighted by atomic mass is 19.4. The van der Waals surface area contributed by atoms with Gasteiger partial charge in [0.25, 0.3) is 0 Å². The van der Waals surface area contributed by atoms with Crippen LogP contribution in [0, 0.1) is 0 Å². The smallest absolute Gasteiger partial charge is 0.372 e. The Morgan fingerprint density at radius 1 is 1.18 bits per heavy atom. The number of benzene rings is 1. The average molecular weight is 307 g/mol. The molecule has 0 unspecified atom stereocenters. The van der Waals surface area contributed by atoms with Crippen molar-refractivity contribution >= 4 is 16.9 Å². The zero-order valence-electron chi connectivity index (χ0n) is 11.6. The highest BCUT2D eigenvalue weighted by Crippen LogP contribution is 2.32. The normalized spacial score (nSPS) is 11.8. The number of hydrogen-bond acceptors (Lipinski definition) is 4. The predicted molar refractivity (Wildman–Crippen MR) is 75.4 cm³/mol. The molecule has 0 amide bonds. The molecule has 0 saturated heterocycles. The molecule has 0 aliphatic rings. The zero-order chi connectivity index (χ0) is 15.7. The summed E-state index contributed by atoms with van der Waals surface area (Å²) >= 11 is 0. The van der Waals surface area contributed by atoms with Crippen molar-refractivity contribution in [1.82, 2.24) is 19.7 Å². The van der Waals surface area contributed by atoms with Gasteiger partial charge in [-0.05, 0) is 11.6 Å². The maximum Gasteiger partial charge on any atom is 0.416 e. The third kappa shape index (κ3) is 2.47. The number of rotatable bonds is 3. The maximum absolute atomic E-state index is 13.0. The van der Waals surface area contributed by atoms with Crippen LogP contribution in [0.25, 0.3) is 11.0 Å². The van der Waals surface area contributed by atoms with Crippen LogP contribution in [0.4, 0.5) is 19.0 Å². The Hall–Kier alpha value is -2.64. The molecule has 22 heavy (non-hydrogen) atoms. The molecular formula is C14H12F3N5. The van der Waals surface area contributed by atoms with E-state index >= 15 is 0 Å². The molecule has 5 nitrogen and oxygen atoms in total. The number of aromatic nitrogens is 4. The second-order valence-corrected chi connectivity index (χ2v) is 4.67. The van der Waals surface area contributed by atoms with Crippen molar-refractivity contribution in [3.63, 3.8) is 0 Å². The SMILES string of the molecule is CNc1ncnc2c1cnn2Cc1ccccc1C(F)(F)F. The molecule has 3 aromatic rings. The molecule has 1 N–H and O–H groups in total. The van der Waals surface area contributed by atoms with Gasteiger partial charge in [0.1, 0.15) is 12.1 Å². The molecule has 0 bridgehead atoms. The maximum atomic E-state index is 13.0. The molecule has 2 aromatic heterocycles. The van der Waals surface area contributed by atoms with Crippen molar-refractivity contribution < 1.29 is 13.2 Å². The molecule has 2 heterocycles. The summed E-state index contributed by atoms with van der Waals surface area (Å²) in [5.41, 5.74) is -0.0394. The minimum absolute atomic E-state index is 0.0145. The molecule has 114 valence electrons. The summed E-state index contributed by atoms with van der Waals surface area (Å²) in [6.07, 6.45) is -1.51. The zero-order valence-corrected chi connectivity index (χ0v) is 11.6. The Bertz CT molecular complexity index is 810. The van der Waals surface area contributed by atoms with Gasteiger partial charge in [-0.2, -0.15) is 18.3 Å². The summed E-state index contributed by atoms with van der Waals surface area (Å²) in [5.74, 6) is 0.584. The van der Waals surface area contributed by atoms with Crippen LogP contribution in [0.2, 0.25) is 0 Å².